The summed E-state index contributed by atoms with van der Waals surface area (Å²) < 4.78 is 0. The van der Waals surface area contributed by atoms with Gasteiger partial charge in [0, 0.05) is 19.0 Å². The van der Waals surface area contributed by atoms with Crippen LogP contribution < -0.4 is 5.32 Å². The van der Waals surface area contributed by atoms with Crippen LogP contribution in [-0.4, -0.2) is 34.0 Å². The summed E-state index contributed by atoms with van der Waals surface area (Å²) in [7, 11) is 0. The van der Waals surface area contributed by atoms with E-state index in [2.05, 4.69) is 10.3 Å². The summed E-state index contributed by atoms with van der Waals surface area (Å²) in [6, 6.07) is 18.1. The molecule has 2 N–H and O–H groups in total. The second-order valence-corrected chi connectivity index (χ2v) is 7.01. The molecule has 1 saturated heterocycles. The number of piperidine rings is 1. The third-order valence-electron chi connectivity index (χ3n) is 5.14. The number of nitrogens with zero attached hydrogens (tertiary/aromatic N) is 2. The Bertz CT molecular complexity index is 856. The minimum absolute atomic E-state index is 0.00200. The van der Waals surface area contributed by atoms with Gasteiger partial charge < -0.3 is 15.2 Å². The van der Waals surface area contributed by atoms with E-state index >= 15 is 0 Å². The summed E-state index contributed by atoms with van der Waals surface area (Å²) in [6.45, 7) is 3.52. The molecule has 1 aliphatic heterocycles. The molecule has 0 saturated carbocycles. The fourth-order valence-corrected chi connectivity index (χ4v) is 3.65. The molecule has 0 aliphatic carbocycles. The zero-order chi connectivity index (χ0) is 17.9. The lowest BCUT2D eigenvalue weighted by molar-refractivity contribution is 0.175. The van der Waals surface area contributed by atoms with Crippen LogP contribution in [0.3, 0.4) is 0 Å². The van der Waals surface area contributed by atoms with Gasteiger partial charge in [-0.3, -0.25) is 0 Å². The van der Waals surface area contributed by atoms with Crippen LogP contribution in [0.5, 0.6) is 0 Å². The van der Waals surface area contributed by atoms with Crippen molar-refractivity contribution in [2.45, 2.75) is 31.7 Å². The standard InChI is InChI=1S/C21H24N4O/c1-15(16-8-3-2-4-9-16)22-21(26)25-13-7-10-17(14-25)20-23-18-11-5-6-12-19(18)24-20/h2-6,8-9,11-12,15,17H,7,10,13-14H2,1H3,(H,22,26)(H,23,24)/t15-,17+/m1/s1. The number of carbonyl (C=O) groups is 1. The monoisotopic (exact) mass is 348 g/mol. The molecule has 1 fully saturated rings. The normalized spacial score (nSPS) is 18.7. The van der Waals surface area contributed by atoms with Crippen molar-refractivity contribution in [2.75, 3.05) is 13.1 Å². The van der Waals surface area contributed by atoms with Gasteiger partial charge in [-0.25, -0.2) is 9.78 Å². The molecule has 0 spiro atoms. The second kappa shape index (κ2) is 7.20. The number of imidazole rings is 1. The number of aromatic amines is 1. The van der Waals surface area contributed by atoms with Gasteiger partial charge in [-0.1, -0.05) is 42.5 Å². The van der Waals surface area contributed by atoms with Crippen molar-refractivity contribution in [3.05, 3.63) is 66.0 Å². The molecule has 1 aromatic heterocycles. The lowest BCUT2D eigenvalue weighted by atomic mass is 9.97. The molecular weight excluding hydrogens is 324 g/mol. The molecular formula is C21H24N4O. The van der Waals surface area contributed by atoms with E-state index in [1.807, 2.05) is 66.4 Å². The van der Waals surface area contributed by atoms with Crippen molar-refractivity contribution < 1.29 is 4.79 Å². The largest absolute Gasteiger partial charge is 0.342 e. The number of likely N-dealkylation sites (tertiary alicyclic amines) is 1. The van der Waals surface area contributed by atoms with Gasteiger partial charge in [-0.05, 0) is 37.5 Å². The van der Waals surface area contributed by atoms with Crippen molar-refractivity contribution in [1.29, 1.82) is 0 Å². The lowest BCUT2D eigenvalue weighted by Gasteiger charge is -2.32. The van der Waals surface area contributed by atoms with E-state index in [0.717, 1.165) is 41.8 Å². The highest BCUT2D eigenvalue weighted by Gasteiger charge is 2.27. The molecule has 0 unspecified atom stereocenters. The molecule has 2 atom stereocenters. The summed E-state index contributed by atoms with van der Waals surface area (Å²) in [6.07, 6.45) is 2.05. The van der Waals surface area contributed by atoms with Crippen molar-refractivity contribution in [3.8, 4) is 0 Å². The molecule has 26 heavy (non-hydrogen) atoms. The van der Waals surface area contributed by atoms with Crippen LogP contribution in [0.4, 0.5) is 4.79 Å². The summed E-state index contributed by atoms with van der Waals surface area (Å²) in [4.78, 5) is 22.8. The number of hydrogen-bond donors (Lipinski definition) is 2. The number of para-hydroxylation sites is 2. The quantitative estimate of drug-likeness (QED) is 0.745. The minimum atomic E-state index is -0.00437. The predicted octanol–water partition coefficient (Wildman–Crippen LogP) is 4.21. The summed E-state index contributed by atoms with van der Waals surface area (Å²) in [5.41, 5.74) is 3.16. The number of benzene rings is 2. The van der Waals surface area contributed by atoms with Crippen LogP contribution in [0.1, 0.15) is 43.1 Å². The van der Waals surface area contributed by atoms with Gasteiger partial charge in [-0.2, -0.15) is 0 Å². The van der Waals surface area contributed by atoms with Crippen molar-refractivity contribution in [3.63, 3.8) is 0 Å². The topological polar surface area (TPSA) is 61.0 Å². The number of urea groups is 1. The van der Waals surface area contributed by atoms with Crippen LogP contribution in [-0.2, 0) is 0 Å². The number of nitrogens with one attached hydrogen (secondary N) is 2. The number of rotatable bonds is 3. The summed E-state index contributed by atoms with van der Waals surface area (Å²) in [5.74, 6) is 1.24. The Hall–Kier alpha value is -2.82. The van der Waals surface area contributed by atoms with Crippen LogP contribution >= 0.6 is 0 Å². The first-order valence-electron chi connectivity index (χ1n) is 9.26. The fourth-order valence-electron chi connectivity index (χ4n) is 3.65. The van der Waals surface area contributed by atoms with Crippen molar-refractivity contribution >= 4 is 17.1 Å². The summed E-state index contributed by atoms with van der Waals surface area (Å²) in [5, 5.41) is 3.12. The van der Waals surface area contributed by atoms with Crippen molar-refractivity contribution in [1.82, 2.24) is 20.2 Å². The third-order valence-corrected chi connectivity index (χ3v) is 5.14. The van der Waals surface area contributed by atoms with Gasteiger partial charge in [0.15, 0.2) is 0 Å². The Morgan fingerprint density at radius 3 is 2.77 bits per heavy atom. The second-order valence-electron chi connectivity index (χ2n) is 7.01. The molecule has 5 nitrogen and oxygen atoms in total. The highest BCUT2D eigenvalue weighted by Crippen LogP contribution is 2.27. The number of carbonyl (C=O) groups excluding carboxylic acids is 1. The van der Waals surface area contributed by atoms with E-state index in [9.17, 15) is 4.79 Å². The Morgan fingerprint density at radius 2 is 1.96 bits per heavy atom. The smallest absolute Gasteiger partial charge is 0.317 e. The molecule has 1 aliphatic rings. The van der Waals surface area contributed by atoms with Crippen LogP contribution in [0.2, 0.25) is 0 Å². The number of fused-ring (bicyclic) bond motifs is 1. The van der Waals surface area contributed by atoms with E-state index in [1.54, 1.807) is 0 Å². The number of hydrogen-bond acceptors (Lipinski definition) is 2. The molecule has 2 heterocycles. The van der Waals surface area contributed by atoms with E-state index < -0.39 is 0 Å². The molecule has 0 radical (unpaired) electrons. The molecule has 2 amide bonds. The number of H-pyrrole nitrogens is 1. The van der Waals surface area contributed by atoms with E-state index in [-0.39, 0.29) is 18.0 Å². The van der Waals surface area contributed by atoms with Gasteiger partial charge in [0.05, 0.1) is 17.1 Å². The van der Waals surface area contributed by atoms with Crippen LogP contribution in [0, 0.1) is 0 Å². The van der Waals surface area contributed by atoms with E-state index in [0.29, 0.717) is 6.54 Å². The van der Waals surface area contributed by atoms with E-state index in [4.69, 9.17) is 4.98 Å². The van der Waals surface area contributed by atoms with Crippen LogP contribution in [0.15, 0.2) is 54.6 Å². The first-order valence-corrected chi connectivity index (χ1v) is 9.26. The maximum Gasteiger partial charge on any atom is 0.317 e. The molecule has 134 valence electrons. The Morgan fingerprint density at radius 1 is 1.19 bits per heavy atom. The number of amides is 2. The SMILES string of the molecule is C[C@@H](NC(=O)N1CCC[C@H](c2nc3ccccc3[nH]2)C1)c1ccccc1. The molecule has 2 aromatic carbocycles. The average Bonchev–Trinajstić information content (AvgIpc) is 3.13. The molecule has 0 bridgehead atoms. The molecule has 3 aromatic rings. The highest BCUT2D eigenvalue weighted by molar-refractivity contribution is 5.76. The minimum Gasteiger partial charge on any atom is -0.342 e. The first kappa shape index (κ1) is 16.6. The molecule has 4 rings (SSSR count). The Kier molecular flexibility index (Phi) is 4.61. The zero-order valence-electron chi connectivity index (χ0n) is 15.0. The Balaban J connectivity index is 1.43. The van der Waals surface area contributed by atoms with Gasteiger partial charge in [0.25, 0.3) is 0 Å². The fraction of sp³-hybridized carbons (Fsp3) is 0.333. The van der Waals surface area contributed by atoms with Crippen molar-refractivity contribution in [2.24, 2.45) is 0 Å². The predicted molar refractivity (Wildman–Crippen MR) is 103 cm³/mol. The molecule has 5 heteroatoms. The van der Waals surface area contributed by atoms with Gasteiger partial charge in [-0.15, -0.1) is 0 Å². The van der Waals surface area contributed by atoms with Gasteiger partial charge in [0.1, 0.15) is 5.82 Å². The van der Waals surface area contributed by atoms with Gasteiger partial charge >= 0.3 is 6.03 Å². The highest BCUT2D eigenvalue weighted by atomic mass is 16.2. The number of aromatic nitrogens is 2. The van der Waals surface area contributed by atoms with Crippen LogP contribution in [0.25, 0.3) is 11.0 Å². The first-order chi connectivity index (χ1) is 12.7. The third kappa shape index (κ3) is 3.43. The zero-order valence-corrected chi connectivity index (χ0v) is 15.0. The maximum atomic E-state index is 12.7. The average molecular weight is 348 g/mol. The maximum absolute atomic E-state index is 12.7. The van der Waals surface area contributed by atoms with E-state index in [1.165, 1.54) is 0 Å². The lowest BCUT2D eigenvalue weighted by Crippen LogP contribution is -2.45. The Labute approximate surface area is 153 Å². The van der Waals surface area contributed by atoms with Gasteiger partial charge in [0.2, 0.25) is 0 Å². The summed E-state index contributed by atoms with van der Waals surface area (Å²) >= 11 is 0.